The first kappa shape index (κ1) is 23.7. The summed E-state index contributed by atoms with van der Waals surface area (Å²) >= 11 is 0. The summed E-state index contributed by atoms with van der Waals surface area (Å²) in [5, 5.41) is 0. The average molecular weight is 461 g/mol. The highest BCUT2D eigenvalue weighted by Crippen LogP contribution is 2.27. The Bertz CT molecular complexity index is 1050. The molecule has 172 valence electrons. The molecule has 8 nitrogen and oxygen atoms in total. The summed E-state index contributed by atoms with van der Waals surface area (Å²) in [6.45, 7) is 4.28. The molecule has 0 bridgehead atoms. The summed E-state index contributed by atoms with van der Waals surface area (Å²) in [5.41, 5.74) is 1.93. The molecule has 32 heavy (non-hydrogen) atoms. The van der Waals surface area contributed by atoms with Crippen LogP contribution in [0.25, 0.3) is 0 Å². The van der Waals surface area contributed by atoms with Gasteiger partial charge in [0.1, 0.15) is 5.75 Å². The van der Waals surface area contributed by atoms with Crippen molar-refractivity contribution in [1.29, 1.82) is 0 Å². The van der Waals surface area contributed by atoms with E-state index in [1.165, 1.54) is 19.1 Å². The number of nitrogens with one attached hydrogen (secondary N) is 1. The Labute approximate surface area is 188 Å². The standard InChI is InChI=1S/C23H28N2O6S/c1-3-30-19-10-12-20(13-11-19)32(28,29)24-15-14-22(26)31-17(2)23(27)25-16-6-8-18-7-4-5-9-21(18)25/h4-5,7,9-13,17,24H,3,6,8,14-16H2,1-2H3/t17-/m0/s1. The number of amides is 1. The maximum Gasteiger partial charge on any atom is 0.307 e. The zero-order valence-electron chi connectivity index (χ0n) is 18.2. The second-order valence-electron chi connectivity index (χ2n) is 7.41. The molecule has 0 spiro atoms. The fourth-order valence-corrected chi connectivity index (χ4v) is 4.57. The van der Waals surface area contributed by atoms with Gasteiger partial charge in [-0.2, -0.15) is 0 Å². The Morgan fingerprint density at radius 1 is 1.12 bits per heavy atom. The Morgan fingerprint density at radius 3 is 2.56 bits per heavy atom. The van der Waals surface area contributed by atoms with E-state index in [0.717, 1.165) is 24.1 Å². The highest BCUT2D eigenvalue weighted by Gasteiger charge is 2.28. The zero-order chi connectivity index (χ0) is 23.1. The Morgan fingerprint density at radius 2 is 1.84 bits per heavy atom. The number of esters is 1. The van der Waals surface area contributed by atoms with Crippen LogP contribution in [0.15, 0.2) is 53.4 Å². The number of sulfonamides is 1. The van der Waals surface area contributed by atoms with E-state index in [1.807, 2.05) is 31.2 Å². The van der Waals surface area contributed by atoms with Crippen LogP contribution in [0, 0.1) is 0 Å². The maximum atomic E-state index is 12.8. The highest BCUT2D eigenvalue weighted by molar-refractivity contribution is 7.89. The van der Waals surface area contributed by atoms with E-state index in [9.17, 15) is 18.0 Å². The van der Waals surface area contributed by atoms with Gasteiger partial charge in [0.2, 0.25) is 10.0 Å². The Hall–Kier alpha value is -2.91. The van der Waals surface area contributed by atoms with Gasteiger partial charge in [0.15, 0.2) is 6.10 Å². The van der Waals surface area contributed by atoms with Crippen molar-refractivity contribution in [1.82, 2.24) is 4.72 Å². The van der Waals surface area contributed by atoms with Gasteiger partial charge in [-0.3, -0.25) is 9.59 Å². The van der Waals surface area contributed by atoms with E-state index >= 15 is 0 Å². The molecule has 0 saturated heterocycles. The van der Waals surface area contributed by atoms with Gasteiger partial charge in [0.05, 0.1) is 17.9 Å². The fraction of sp³-hybridized carbons (Fsp3) is 0.391. The van der Waals surface area contributed by atoms with Gasteiger partial charge in [-0.05, 0) is 62.6 Å². The molecule has 0 fully saturated rings. The molecule has 0 aromatic heterocycles. The van der Waals surface area contributed by atoms with E-state index in [2.05, 4.69) is 4.72 Å². The molecule has 2 aromatic rings. The van der Waals surface area contributed by atoms with Crippen molar-refractivity contribution >= 4 is 27.6 Å². The van der Waals surface area contributed by atoms with Gasteiger partial charge < -0.3 is 14.4 Å². The van der Waals surface area contributed by atoms with Gasteiger partial charge in [-0.15, -0.1) is 0 Å². The van der Waals surface area contributed by atoms with Crippen molar-refractivity contribution in [3.05, 3.63) is 54.1 Å². The van der Waals surface area contributed by atoms with Crippen LogP contribution < -0.4 is 14.4 Å². The molecule has 3 rings (SSSR count). The number of para-hydroxylation sites is 1. The molecule has 1 N–H and O–H groups in total. The molecule has 1 aliphatic heterocycles. The van der Waals surface area contributed by atoms with Crippen LogP contribution in [0.2, 0.25) is 0 Å². The largest absolute Gasteiger partial charge is 0.494 e. The molecule has 1 aliphatic rings. The molecular formula is C23H28N2O6S. The number of carbonyl (C=O) groups excluding carboxylic acids is 2. The number of benzene rings is 2. The van der Waals surface area contributed by atoms with Crippen LogP contribution in [0.1, 0.15) is 32.3 Å². The van der Waals surface area contributed by atoms with Crippen LogP contribution in [0.5, 0.6) is 5.75 Å². The maximum absolute atomic E-state index is 12.8. The predicted octanol–water partition coefficient (Wildman–Crippen LogP) is 2.66. The molecule has 1 amide bonds. The number of hydrogen-bond acceptors (Lipinski definition) is 6. The SMILES string of the molecule is CCOc1ccc(S(=O)(=O)NCCC(=O)O[C@@H](C)C(=O)N2CCCc3ccccc32)cc1. The van der Waals surface area contributed by atoms with E-state index in [1.54, 1.807) is 17.0 Å². The highest BCUT2D eigenvalue weighted by atomic mass is 32.2. The van der Waals surface area contributed by atoms with E-state index in [0.29, 0.717) is 18.9 Å². The number of fused-ring (bicyclic) bond motifs is 1. The minimum absolute atomic E-state index is 0.0710. The van der Waals surface area contributed by atoms with Crippen molar-refractivity contribution < 1.29 is 27.5 Å². The second-order valence-corrected chi connectivity index (χ2v) is 9.17. The topological polar surface area (TPSA) is 102 Å². The normalized spacial score (nSPS) is 14.4. The smallest absolute Gasteiger partial charge is 0.307 e. The zero-order valence-corrected chi connectivity index (χ0v) is 19.1. The van der Waals surface area contributed by atoms with Gasteiger partial charge >= 0.3 is 5.97 Å². The summed E-state index contributed by atoms with van der Waals surface area (Å²) in [4.78, 5) is 26.7. The van der Waals surface area contributed by atoms with Gasteiger partial charge in [0, 0.05) is 18.8 Å². The molecule has 9 heteroatoms. The summed E-state index contributed by atoms with van der Waals surface area (Å²) < 4.78 is 37.7. The molecule has 2 aromatic carbocycles. The quantitative estimate of drug-likeness (QED) is 0.578. The number of rotatable bonds is 9. The second kappa shape index (κ2) is 10.6. The Balaban J connectivity index is 1.50. The van der Waals surface area contributed by atoms with Crippen LogP contribution >= 0.6 is 0 Å². The molecule has 0 unspecified atom stereocenters. The first-order valence-electron chi connectivity index (χ1n) is 10.6. The third kappa shape index (κ3) is 5.86. The lowest BCUT2D eigenvalue weighted by Gasteiger charge is -2.31. The van der Waals surface area contributed by atoms with Crippen molar-refractivity contribution in [3.8, 4) is 5.75 Å². The number of aryl methyl sites for hydroxylation is 1. The fourth-order valence-electron chi connectivity index (χ4n) is 3.54. The molecule has 1 atom stereocenters. The van der Waals surface area contributed by atoms with Crippen molar-refractivity contribution in [2.24, 2.45) is 0 Å². The molecular weight excluding hydrogens is 432 g/mol. The van der Waals surface area contributed by atoms with Crippen LogP contribution in [-0.2, 0) is 30.8 Å². The third-order valence-corrected chi connectivity index (χ3v) is 6.58. The number of hydrogen-bond donors (Lipinski definition) is 1. The summed E-state index contributed by atoms with van der Waals surface area (Å²) in [6.07, 6.45) is 0.598. The average Bonchev–Trinajstić information content (AvgIpc) is 2.78. The number of carbonyl (C=O) groups is 2. The first-order valence-corrected chi connectivity index (χ1v) is 12.1. The molecule has 1 heterocycles. The van der Waals surface area contributed by atoms with Gasteiger partial charge in [-0.25, -0.2) is 13.1 Å². The van der Waals surface area contributed by atoms with Crippen molar-refractivity contribution in [2.45, 2.75) is 44.1 Å². The lowest BCUT2D eigenvalue weighted by molar-refractivity contribution is -0.153. The number of ether oxygens (including phenoxy) is 2. The third-order valence-electron chi connectivity index (χ3n) is 5.10. The summed E-state index contributed by atoms with van der Waals surface area (Å²) in [6, 6.07) is 13.7. The molecule has 0 saturated carbocycles. The van der Waals surface area contributed by atoms with Crippen molar-refractivity contribution in [2.75, 3.05) is 24.6 Å². The predicted molar refractivity (Wildman–Crippen MR) is 120 cm³/mol. The first-order chi connectivity index (χ1) is 15.3. The van der Waals surface area contributed by atoms with Gasteiger partial charge in [-0.1, -0.05) is 18.2 Å². The lowest BCUT2D eigenvalue weighted by atomic mass is 10.0. The van der Waals surface area contributed by atoms with Crippen molar-refractivity contribution in [3.63, 3.8) is 0 Å². The van der Waals surface area contributed by atoms with Crippen LogP contribution in [0.3, 0.4) is 0 Å². The minimum Gasteiger partial charge on any atom is -0.494 e. The molecule has 0 aliphatic carbocycles. The van der Waals surface area contributed by atoms with Gasteiger partial charge in [0.25, 0.3) is 5.91 Å². The number of nitrogens with zero attached hydrogens (tertiary/aromatic N) is 1. The van der Waals surface area contributed by atoms with Crippen LogP contribution in [0.4, 0.5) is 5.69 Å². The monoisotopic (exact) mass is 460 g/mol. The summed E-state index contributed by atoms with van der Waals surface area (Å²) in [7, 11) is -3.77. The Kier molecular flexibility index (Phi) is 7.87. The van der Waals surface area contributed by atoms with E-state index < -0.39 is 22.1 Å². The lowest BCUT2D eigenvalue weighted by Crippen LogP contribution is -2.43. The summed E-state index contributed by atoms with van der Waals surface area (Å²) in [5.74, 6) is -0.365. The van der Waals surface area contributed by atoms with E-state index in [4.69, 9.17) is 9.47 Å². The van der Waals surface area contributed by atoms with Crippen LogP contribution in [-0.4, -0.2) is 46.1 Å². The number of anilines is 1. The molecule has 0 radical (unpaired) electrons. The minimum atomic E-state index is -3.77. The van der Waals surface area contributed by atoms with E-state index in [-0.39, 0.29) is 23.8 Å².